The van der Waals surface area contributed by atoms with Gasteiger partial charge < -0.3 is 15.8 Å². The van der Waals surface area contributed by atoms with Crippen LogP contribution in [0, 0.1) is 13.8 Å². The first-order valence-electron chi connectivity index (χ1n) is 6.33. The summed E-state index contributed by atoms with van der Waals surface area (Å²) in [7, 11) is 1.54. The number of rotatable bonds is 3. The molecule has 0 unspecified atom stereocenters. The SMILES string of the molecule is COc1cc(N)cc(C(=O)Nc2cccc(C)c2C)c1. The number of hydrogen-bond donors (Lipinski definition) is 2. The summed E-state index contributed by atoms with van der Waals surface area (Å²) < 4.78 is 5.12. The lowest BCUT2D eigenvalue weighted by molar-refractivity contribution is 0.102. The van der Waals surface area contributed by atoms with Crippen molar-refractivity contribution < 1.29 is 9.53 Å². The van der Waals surface area contributed by atoms with Crippen molar-refractivity contribution in [1.29, 1.82) is 0 Å². The number of carbonyl (C=O) groups excluding carboxylic acids is 1. The second-order valence-electron chi connectivity index (χ2n) is 4.70. The summed E-state index contributed by atoms with van der Waals surface area (Å²) in [6.45, 7) is 3.99. The zero-order valence-electron chi connectivity index (χ0n) is 11.9. The minimum atomic E-state index is -0.204. The Morgan fingerprint density at radius 1 is 1.20 bits per heavy atom. The highest BCUT2D eigenvalue weighted by Crippen LogP contribution is 2.22. The topological polar surface area (TPSA) is 64.3 Å². The van der Waals surface area contributed by atoms with Crippen molar-refractivity contribution in [1.82, 2.24) is 0 Å². The first-order valence-corrected chi connectivity index (χ1v) is 6.33. The van der Waals surface area contributed by atoms with E-state index in [0.29, 0.717) is 17.0 Å². The van der Waals surface area contributed by atoms with Crippen molar-refractivity contribution in [3.63, 3.8) is 0 Å². The summed E-state index contributed by atoms with van der Waals surface area (Å²) in [6, 6.07) is 10.8. The highest BCUT2D eigenvalue weighted by molar-refractivity contribution is 6.05. The van der Waals surface area contributed by atoms with Gasteiger partial charge in [-0.3, -0.25) is 4.79 Å². The van der Waals surface area contributed by atoms with E-state index in [1.165, 1.54) is 0 Å². The van der Waals surface area contributed by atoms with Crippen LogP contribution in [0.3, 0.4) is 0 Å². The Hall–Kier alpha value is -2.49. The fourth-order valence-corrected chi connectivity index (χ4v) is 1.95. The van der Waals surface area contributed by atoms with Crippen molar-refractivity contribution in [2.75, 3.05) is 18.2 Å². The van der Waals surface area contributed by atoms with Crippen LogP contribution in [0.4, 0.5) is 11.4 Å². The number of nitrogens with two attached hydrogens (primary N) is 1. The van der Waals surface area contributed by atoms with Gasteiger partial charge >= 0.3 is 0 Å². The van der Waals surface area contributed by atoms with E-state index in [1.807, 2.05) is 32.0 Å². The van der Waals surface area contributed by atoms with E-state index in [-0.39, 0.29) is 5.91 Å². The summed E-state index contributed by atoms with van der Waals surface area (Å²) in [5.74, 6) is 0.361. The molecule has 3 N–H and O–H groups in total. The quantitative estimate of drug-likeness (QED) is 0.842. The molecule has 2 aromatic carbocycles. The number of nitrogens with one attached hydrogen (secondary N) is 1. The van der Waals surface area contributed by atoms with Gasteiger partial charge in [0.25, 0.3) is 5.91 Å². The van der Waals surface area contributed by atoms with E-state index in [4.69, 9.17) is 10.5 Å². The highest BCUT2D eigenvalue weighted by Gasteiger charge is 2.10. The Bertz CT molecular complexity index is 651. The van der Waals surface area contributed by atoms with E-state index in [1.54, 1.807) is 25.3 Å². The Morgan fingerprint density at radius 2 is 1.95 bits per heavy atom. The molecule has 4 heteroatoms. The molecule has 0 spiro atoms. The van der Waals surface area contributed by atoms with Gasteiger partial charge in [0.2, 0.25) is 0 Å². The molecule has 20 heavy (non-hydrogen) atoms. The van der Waals surface area contributed by atoms with Crippen molar-refractivity contribution in [2.24, 2.45) is 0 Å². The maximum absolute atomic E-state index is 12.3. The number of hydrogen-bond acceptors (Lipinski definition) is 3. The molecular weight excluding hydrogens is 252 g/mol. The van der Waals surface area contributed by atoms with Gasteiger partial charge in [0.05, 0.1) is 7.11 Å². The van der Waals surface area contributed by atoms with Crippen LogP contribution >= 0.6 is 0 Å². The summed E-state index contributed by atoms with van der Waals surface area (Å²) in [5, 5.41) is 2.90. The molecule has 0 bridgehead atoms. The molecule has 2 rings (SSSR count). The van der Waals surface area contributed by atoms with Crippen LogP contribution < -0.4 is 15.8 Å². The number of carbonyl (C=O) groups is 1. The fraction of sp³-hybridized carbons (Fsp3) is 0.188. The molecule has 0 aromatic heterocycles. The van der Waals surface area contributed by atoms with Crippen LogP contribution in [0.15, 0.2) is 36.4 Å². The second kappa shape index (κ2) is 5.65. The van der Waals surface area contributed by atoms with Crippen molar-refractivity contribution in [3.8, 4) is 5.75 Å². The number of aryl methyl sites for hydroxylation is 1. The zero-order chi connectivity index (χ0) is 14.7. The Balaban J connectivity index is 2.28. The number of benzene rings is 2. The number of amides is 1. The summed E-state index contributed by atoms with van der Waals surface area (Å²) in [6.07, 6.45) is 0. The second-order valence-corrected chi connectivity index (χ2v) is 4.70. The zero-order valence-corrected chi connectivity index (χ0v) is 11.9. The maximum atomic E-state index is 12.3. The predicted molar refractivity (Wildman–Crippen MR) is 81.3 cm³/mol. The van der Waals surface area contributed by atoms with Gasteiger partial charge in [0, 0.05) is 23.0 Å². The van der Waals surface area contributed by atoms with Crippen molar-refractivity contribution in [2.45, 2.75) is 13.8 Å². The lowest BCUT2D eigenvalue weighted by Crippen LogP contribution is -2.13. The third kappa shape index (κ3) is 2.91. The third-order valence-corrected chi connectivity index (χ3v) is 3.28. The smallest absolute Gasteiger partial charge is 0.255 e. The first-order chi connectivity index (χ1) is 9.51. The Morgan fingerprint density at radius 3 is 2.65 bits per heavy atom. The average Bonchev–Trinajstić information content (AvgIpc) is 2.43. The molecule has 4 nitrogen and oxygen atoms in total. The summed E-state index contributed by atoms with van der Waals surface area (Å²) >= 11 is 0. The van der Waals surface area contributed by atoms with E-state index < -0.39 is 0 Å². The van der Waals surface area contributed by atoms with Gasteiger partial charge in [0.15, 0.2) is 0 Å². The molecule has 0 fully saturated rings. The van der Waals surface area contributed by atoms with Crippen LogP contribution in [0.5, 0.6) is 5.75 Å². The minimum absolute atomic E-state index is 0.204. The number of ether oxygens (including phenoxy) is 1. The third-order valence-electron chi connectivity index (χ3n) is 3.28. The molecule has 1 amide bonds. The van der Waals surface area contributed by atoms with E-state index in [2.05, 4.69) is 5.32 Å². The minimum Gasteiger partial charge on any atom is -0.497 e. The molecule has 0 radical (unpaired) electrons. The molecule has 0 atom stereocenters. The molecule has 0 saturated carbocycles. The average molecular weight is 270 g/mol. The number of anilines is 2. The fourth-order valence-electron chi connectivity index (χ4n) is 1.95. The van der Waals surface area contributed by atoms with Gasteiger partial charge in [-0.15, -0.1) is 0 Å². The van der Waals surface area contributed by atoms with Crippen molar-refractivity contribution >= 4 is 17.3 Å². The summed E-state index contributed by atoms with van der Waals surface area (Å²) in [4.78, 5) is 12.3. The number of methoxy groups -OCH3 is 1. The molecule has 104 valence electrons. The first kappa shape index (κ1) is 13.9. The molecule has 0 saturated heterocycles. The van der Waals surface area contributed by atoms with E-state index in [0.717, 1.165) is 16.8 Å². The van der Waals surface area contributed by atoms with E-state index >= 15 is 0 Å². The lowest BCUT2D eigenvalue weighted by atomic mass is 10.1. The van der Waals surface area contributed by atoms with Crippen LogP contribution in [-0.4, -0.2) is 13.0 Å². The van der Waals surface area contributed by atoms with Crippen LogP contribution in [0.25, 0.3) is 0 Å². The van der Waals surface area contributed by atoms with E-state index in [9.17, 15) is 4.79 Å². The highest BCUT2D eigenvalue weighted by atomic mass is 16.5. The Labute approximate surface area is 118 Å². The predicted octanol–water partition coefficient (Wildman–Crippen LogP) is 3.15. The maximum Gasteiger partial charge on any atom is 0.255 e. The molecule has 0 aliphatic heterocycles. The largest absolute Gasteiger partial charge is 0.497 e. The van der Waals surface area contributed by atoms with Gasteiger partial charge in [0.1, 0.15) is 5.75 Å². The molecule has 0 aliphatic rings. The summed E-state index contributed by atoms with van der Waals surface area (Å²) in [5.41, 5.74) is 9.72. The molecule has 0 heterocycles. The lowest BCUT2D eigenvalue weighted by Gasteiger charge is -2.11. The normalized spacial score (nSPS) is 10.2. The van der Waals surface area contributed by atoms with Crippen LogP contribution in [0.2, 0.25) is 0 Å². The van der Waals surface area contributed by atoms with Gasteiger partial charge in [-0.2, -0.15) is 0 Å². The Kier molecular flexibility index (Phi) is 3.94. The van der Waals surface area contributed by atoms with Gasteiger partial charge in [-0.25, -0.2) is 0 Å². The van der Waals surface area contributed by atoms with Crippen LogP contribution in [0.1, 0.15) is 21.5 Å². The van der Waals surface area contributed by atoms with Crippen molar-refractivity contribution in [3.05, 3.63) is 53.1 Å². The van der Waals surface area contributed by atoms with Gasteiger partial charge in [-0.05, 0) is 43.2 Å². The monoisotopic (exact) mass is 270 g/mol. The van der Waals surface area contributed by atoms with Gasteiger partial charge in [-0.1, -0.05) is 12.1 Å². The molecule has 0 aliphatic carbocycles. The standard InChI is InChI=1S/C16H18N2O2/c1-10-5-4-6-15(11(10)2)18-16(19)12-7-13(17)9-14(8-12)20-3/h4-9H,17H2,1-3H3,(H,18,19). The van der Waals surface area contributed by atoms with Crippen LogP contribution in [-0.2, 0) is 0 Å². The molecule has 2 aromatic rings. The number of nitrogen functional groups attached to an aromatic ring is 1. The molecular formula is C16H18N2O2.